The molecular weight excluding hydrogens is 255 g/mol. The summed E-state index contributed by atoms with van der Waals surface area (Å²) in [5.74, 6) is -0.698. The van der Waals surface area contributed by atoms with Crippen LogP contribution in [0.2, 0.25) is 0 Å². The summed E-state index contributed by atoms with van der Waals surface area (Å²) in [5.41, 5.74) is 0. The number of hydrogen-bond donors (Lipinski definition) is 1. The van der Waals surface area contributed by atoms with Gasteiger partial charge in [0, 0.05) is 25.2 Å². The molecule has 1 heterocycles. The van der Waals surface area contributed by atoms with Gasteiger partial charge in [0.15, 0.2) is 0 Å². The number of benzene rings is 1. The zero-order valence-electron chi connectivity index (χ0n) is 10.4. The Morgan fingerprint density at radius 2 is 2.00 bits per heavy atom. The largest absolute Gasteiger partial charge is 0.311 e. The molecule has 0 amide bonds. The minimum Gasteiger partial charge on any atom is -0.311 e. The maximum Gasteiger partial charge on any atom is 0.246 e. The third kappa shape index (κ3) is 2.28. The Balaban J connectivity index is 2.40. The molecule has 1 aliphatic heterocycles. The van der Waals surface area contributed by atoms with Crippen LogP contribution in [0.3, 0.4) is 0 Å². The highest BCUT2D eigenvalue weighted by Crippen LogP contribution is 2.23. The molecular formula is C12H17FN2O2S. The van der Waals surface area contributed by atoms with Gasteiger partial charge in [0.1, 0.15) is 10.7 Å². The minimum atomic E-state index is -3.76. The fourth-order valence-electron chi connectivity index (χ4n) is 2.15. The topological polar surface area (TPSA) is 49.4 Å². The van der Waals surface area contributed by atoms with Gasteiger partial charge in [-0.2, -0.15) is 4.31 Å². The molecule has 0 bridgehead atoms. The van der Waals surface area contributed by atoms with Gasteiger partial charge in [0.2, 0.25) is 10.0 Å². The van der Waals surface area contributed by atoms with Crippen molar-refractivity contribution in [2.45, 2.75) is 30.8 Å². The van der Waals surface area contributed by atoms with Crippen LogP contribution in [-0.4, -0.2) is 37.9 Å². The van der Waals surface area contributed by atoms with Crippen LogP contribution >= 0.6 is 0 Å². The first-order chi connectivity index (χ1) is 8.44. The molecule has 4 nitrogen and oxygen atoms in total. The third-order valence-electron chi connectivity index (χ3n) is 3.40. The van der Waals surface area contributed by atoms with Crippen LogP contribution in [0, 0.1) is 5.82 Å². The lowest BCUT2D eigenvalue weighted by atomic mass is 10.1. The molecule has 100 valence electrons. The van der Waals surface area contributed by atoms with E-state index in [1.807, 2.05) is 13.8 Å². The van der Waals surface area contributed by atoms with E-state index >= 15 is 0 Å². The number of halogens is 1. The van der Waals surface area contributed by atoms with E-state index in [1.54, 1.807) is 0 Å². The SMILES string of the molecule is CC1NCCN(S(=O)(=O)c2ccccc2F)C1C. The van der Waals surface area contributed by atoms with Gasteiger partial charge in [0.05, 0.1) is 0 Å². The van der Waals surface area contributed by atoms with Crippen LogP contribution in [0.25, 0.3) is 0 Å². The van der Waals surface area contributed by atoms with Crippen molar-refractivity contribution in [2.24, 2.45) is 0 Å². The number of nitrogens with one attached hydrogen (secondary N) is 1. The van der Waals surface area contributed by atoms with Crippen molar-refractivity contribution in [3.05, 3.63) is 30.1 Å². The molecule has 1 aliphatic rings. The molecule has 2 rings (SSSR count). The fraction of sp³-hybridized carbons (Fsp3) is 0.500. The van der Waals surface area contributed by atoms with E-state index < -0.39 is 15.8 Å². The van der Waals surface area contributed by atoms with Crippen LogP contribution in [0.1, 0.15) is 13.8 Å². The summed E-state index contributed by atoms with van der Waals surface area (Å²) in [4.78, 5) is -0.244. The van der Waals surface area contributed by atoms with Gasteiger partial charge in [-0.1, -0.05) is 12.1 Å². The standard InChI is InChI=1S/C12H17FN2O2S/c1-9-10(2)15(8-7-14-9)18(16,17)12-6-4-3-5-11(12)13/h3-6,9-10,14H,7-8H2,1-2H3. The Labute approximate surface area is 107 Å². The van der Waals surface area contributed by atoms with Crippen molar-refractivity contribution in [1.29, 1.82) is 0 Å². The molecule has 0 aliphatic carbocycles. The van der Waals surface area contributed by atoms with E-state index in [0.717, 1.165) is 0 Å². The average Bonchev–Trinajstić information content (AvgIpc) is 2.32. The van der Waals surface area contributed by atoms with Crippen LogP contribution < -0.4 is 5.32 Å². The van der Waals surface area contributed by atoms with Crippen molar-refractivity contribution >= 4 is 10.0 Å². The van der Waals surface area contributed by atoms with Gasteiger partial charge >= 0.3 is 0 Å². The van der Waals surface area contributed by atoms with Crippen LogP contribution in [-0.2, 0) is 10.0 Å². The molecule has 2 unspecified atom stereocenters. The predicted octanol–water partition coefficient (Wildman–Crippen LogP) is 1.20. The van der Waals surface area contributed by atoms with E-state index in [0.29, 0.717) is 13.1 Å². The molecule has 18 heavy (non-hydrogen) atoms. The first kappa shape index (κ1) is 13.5. The Kier molecular flexibility index (Phi) is 3.70. The van der Waals surface area contributed by atoms with Gasteiger partial charge in [0.25, 0.3) is 0 Å². The molecule has 6 heteroatoms. The van der Waals surface area contributed by atoms with E-state index in [-0.39, 0.29) is 17.0 Å². The zero-order chi connectivity index (χ0) is 13.3. The fourth-order valence-corrected chi connectivity index (χ4v) is 3.91. The Morgan fingerprint density at radius 1 is 1.33 bits per heavy atom. The van der Waals surface area contributed by atoms with Gasteiger partial charge < -0.3 is 5.32 Å². The lowest BCUT2D eigenvalue weighted by Gasteiger charge is -2.37. The van der Waals surface area contributed by atoms with Crippen LogP contribution in [0.4, 0.5) is 4.39 Å². The summed E-state index contributed by atoms with van der Waals surface area (Å²) >= 11 is 0. The van der Waals surface area contributed by atoms with Gasteiger partial charge in [-0.15, -0.1) is 0 Å². The summed E-state index contributed by atoms with van der Waals surface area (Å²) in [6.07, 6.45) is 0. The number of rotatable bonds is 2. The van der Waals surface area contributed by atoms with E-state index in [4.69, 9.17) is 0 Å². The molecule has 0 radical (unpaired) electrons. The molecule has 1 N–H and O–H groups in total. The lowest BCUT2D eigenvalue weighted by Crippen LogP contribution is -2.57. The summed E-state index contributed by atoms with van der Waals surface area (Å²) in [6, 6.07) is 5.36. The van der Waals surface area contributed by atoms with E-state index in [9.17, 15) is 12.8 Å². The zero-order valence-corrected chi connectivity index (χ0v) is 11.2. The lowest BCUT2D eigenvalue weighted by molar-refractivity contribution is 0.232. The molecule has 0 spiro atoms. The van der Waals surface area contributed by atoms with E-state index in [1.165, 1.54) is 28.6 Å². The van der Waals surface area contributed by atoms with Crippen LogP contribution in [0.15, 0.2) is 29.2 Å². The van der Waals surface area contributed by atoms with Gasteiger partial charge in [-0.3, -0.25) is 0 Å². The summed E-state index contributed by atoms with van der Waals surface area (Å²) in [5, 5.41) is 3.20. The molecule has 0 aromatic heterocycles. The highest BCUT2D eigenvalue weighted by Gasteiger charge is 2.35. The van der Waals surface area contributed by atoms with Crippen molar-refractivity contribution < 1.29 is 12.8 Å². The van der Waals surface area contributed by atoms with Crippen LogP contribution in [0.5, 0.6) is 0 Å². The second-order valence-corrected chi connectivity index (χ2v) is 6.39. The maximum atomic E-state index is 13.6. The van der Waals surface area contributed by atoms with E-state index in [2.05, 4.69) is 5.32 Å². The smallest absolute Gasteiger partial charge is 0.246 e. The molecule has 1 aromatic carbocycles. The minimum absolute atomic E-state index is 0.0558. The van der Waals surface area contributed by atoms with Crippen molar-refractivity contribution in [1.82, 2.24) is 9.62 Å². The van der Waals surface area contributed by atoms with Crippen molar-refractivity contribution in [2.75, 3.05) is 13.1 Å². The first-order valence-corrected chi connectivity index (χ1v) is 7.38. The quantitative estimate of drug-likeness (QED) is 0.880. The average molecular weight is 272 g/mol. The number of sulfonamides is 1. The maximum absolute atomic E-state index is 13.6. The Hall–Kier alpha value is -0.980. The summed E-state index contributed by atoms with van der Waals surface area (Å²) in [7, 11) is -3.76. The molecule has 0 saturated carbocycles. The predicted molar refractivity (Wildman–Crippen MR) is 67.2 cm³/mol. The molecule has 1 saturated heterocycles. The second kappa shape index (κ2) is 4.95. The highest BCUT2D eigenvalue weighted by atomic mass is 32.2. The van der Waals surface area contributed by atoms with Gasteiger partial charge in [-0.25, -0.2) is 12.8 Å². The second-order valence-electron chi connectivity index (χ2n) is 4.53. The molecule has 1 fully saturated rings. The Bertz CT molecular complexity index is 533. The van der Waals surface area contributed by atoms with Crippen molar-refractivity contribution in [3.8, 4) is 0 Å². The normalized spacial score (nSPS) is 26.2. The highest BCUT2D eigenvalue weighted by molar-refractivity contribution is 7.89. The third-order valence-corrected chi connectivity index (χ3v) is 5.42. The summed E-state index contributed by atoms with van der Waals surface area (Å²) < 4.78 is 39.9. The molecule has 2 atom stereocenters. The number of nitrogens with zero attached hydrogens (tertiary/aromatic N) is 1. The number of hydrogen-bond acceptors (Lipinski definition) is 3. The van der Waals surface area contributed by atoms with Gasteiger partial charge in [-0.05, 0) is 26.0 Å². The monoisotopic (exact) mass is 272 g/mol. The summed E-state index contributed by atoms with van der Waals surface area (Å²) in [6.45, 7) is 4.70. The Morgan fingerprint density at radius 3 is 2.67 bits per heavy atom. The first-order valence-electron chi connectivity index (χ1n) is 5.94. The number of piperazine rings is 1. The van der Waals surface area contributed by atoms with Crippen molar-refractivity contribution in [3.63, 3.8) is 0 Å². The molecule has 1 aromatic rings.